The van der Waals surface area contributed by atoms with Crippen molar-refractivity contribution in [1.82, 2.24) is 20.5 Å². The van der Waals surface area contributed by atoms with Gasteiger partial charge in [0.2, 0.25) is 0 Å². The lowest BCUT2D eigenvalue weighted by atomic mass is 10.2. The minimum Gasteiger partial charge on any atom is -0.395 e. The third-order valence-corrected chi connectivity index (χ3v) is 3.19. The Morgan fingerprint density at radius 2 is 2.32 bits per heavy atom. The molecular weight excluding hydrogens is 242 g/mol. The summed E-state index contributed by atoms with van der Waals surface area (Å²) in [5.41, 5.74) is 8.38. The zero-order chi connectivity index (χ0) is 13.2. The maximum atomic E-state index is 12.0. The van der Waals surface area contributed by atoms with Gasteiger partial charge in [-0.1, -0.05) is 6.07 Å². The quantitative estimate of drug-likeness (QED) is 0.766. The van der Waals surface area contributed by atoms with E-state index in [9.17, 15) is 4.79 Å². The summed E-state index contributed by atoms with van der Waals surface area (Å²) in [6.45, 7) is 0.366. The number of nitrogens with one attached hydrogen (secondary N) is 2. The van der Waals surface area contributed by atoms with Crippen LogP contribution in [-0.4, -0.2) is 21.1 Å². The maximum absolute atomic E-state index is 12.0. The Morgan fingerprint density at radius 1 is 1.47 bits per heavy atom. The van der Waals surface area contributed by atoms with Gasteiger partial charge in [0, 0.05) is 12.1 Å². The molecule has 19 heavy (non-hydrogen) atoms. The van der Waals surface area contributed by atoms with Crippen LogP contribution in [0.5, 0.6) is 0 Å². The first-order valence-electron chi connectivity index (χ1n) is 6.27. The SMILES string of the molecule is Nc1c(C(=O)NCc2ccccn2)n[nH]c1C1CC1. The number of nitrogens with zero attached hydrogens (tertiary/aromatic N) is 2. The van der Waals surface area contributed by atoms with Gasteiger partial charge in [-0.05, 0) is 25.0 Å². The Hall–Kier alpha value is -2.37. The first kappa shape index (κ1) is 11.7. The van der Waals surface area contributed by atoms with Crippen LogP contribution in [0.3, 0.4) is 0 Å². The molecule has 1 saturated carbocycles. The van der Waals surface area contributed by atoms with Crippen LogP contribution in [0.15, 0.2) is 24.4 Å². The lowest BCUT2D eigenvalue weighted by Crippen LogP contribution is -2.24. The van der Waals surface area contributed by atoms with E-state index >= 15 is 0 Å². The molecule has 6 heteroatoms. The van der Waals surface area contributed by atoms with E-state index in [-0.39, 0.29) is 11.6 Å². The van der Waals surface area contributed by atoms with Crippen molar-refractivity contribution in [2.24, 2.45) is 0 Å². The molecule has 1 amide bonds. The number of nitrogen functional groups attached to an aromatic ring is 1. The van der Waals surface area contributed by atoms with Gasteiger partial charge in [0.15, 0.2) is 5.69 Å². The second kappa shape index (κ2) is 4.72. The Balaban J connectivity index is 1.67. The highest BCUT2D eigenvalue weighted by molar-refractivity contribution is 5.97. The molecule has 1 aliphatic rings. The van der Waals surface area contributed by atoms with E-state index < -0.39 is 0 Å². The average Bonchev–Trinajstić information content (AvgIpc) is 3.20. The first-order chi connectivity index (χ1) is 9.25. The van der Waals surface area contributed by atoms with Gasteiger partial charge in [-0.15, -0.1) is 0 Å². The number of carbonyl (C=O) groups is 1. The number of anilines is 1. The van der Waals surface area contributed by atoms with Crippen molar-refractivity contribution in [3.8, 4) is 0 Å². The van der Waals surface area contributed by atoms with Gasteiger partial charge >= 0.3 is 0 Å². The molecule has 2 aromatic rings. The summed E-state index contributed by atoms with van der Waals surface area (Å²) in [4.78, 5) is 16.1. The summed E-state index contributed by atoms with van der Waals surface area (Å²) in [6.07, 6.45) is 3.92. The molecule has 6 nitrogen and oxygen atoms in total. The number of hydrogen-bond acceptors (Lipinski definition) is 4. The number of nitrogens with two attached hydrogens (primary N) is 1. The summed E-state index contributed by atoms with van der Waals surface area (Å²) >= 11 is 0. The zero-order valence-electron chi connectivity index (χ0n) is 10.4. The third kappa shape index (κ3) is 2.42. The highest BCUT2D eigenvalue weighted by atomic mass is 16.1. The molecule has 0 bridgehead atoms. The minimum absolute atomic E-state index is 0.272. The normalized spacial score (nSPS) is 14.3. The highest BCUT2D eigenvalue weighted by Gasteiger charge is 2.30. The van der Waals surface area contributed by atoms with E-state index in [0.717, 1.165) is 24.2 Å². The summed E-state index contributed by atoms with van der Waals surface area (Å²) < 4.78 is 0. The molecule has 0 aliphatic heterocycles. The minimum atomic E-state index is -0.272. The Labute approximate surface area is 110 Å². The molecular formula is C13H15N5O. The van der Waals surface area contributed by atoms with Crippen molar-refractivity contribution >= 4 is 11.6 Å². The molecule has 0 unspecified atom stereocenters. The first-order valence-corrected chi connectivity index (χ1v) is 6.27. The van der Waals surface area contributed by atoms with Crippen molar-refractivity contribution in [2.45, 2.75) is 25.3 Å². The third-order valence-electron chi connectivity index (χ3n) is 3.19. The zero-order valence-corrected chi connectivity index (χ0v) is 10.4. The molecule has 0 saturated heterocycles. The van der Waals surface area contributed by atoms with Crippen LogP contribution in [0.25, 0.3) is 0 Å². The van der Waals surface area contributed by atoms with E-state index in [1.54, 1.807) is 6.20 Å². The number of aromatic amines is 1. The van der Waals surface area contributed by atoms with Gasteiger partial charge in [0.05, 0.1) is 23.6 Å². The molecule has 0 spiro atoms. The van der Waals surface area contributed by atoms with Crippen LogP contribution >= 0.6 is 0 Å². The molecule has 1 fully saturated rings. The fourth-order valence-corrected chi connectivity index (χ4v) is 1.98. The summed E-state index contributed by atoms with van der Waals surface area (Å²) in [5.74, 6) is 0.177. The van der Waals surface area contributed by atoms with Crippen molar-refractivity contribution < 1.29 is 4.79 Å². The lowest BCUT2D eigenvalue weighted by Gasteiger charge is -2.03. The van der Waals surface area contributed by atoms with Crippen LogP contribution < -0.4 is 11.1 Å². The summed E-state index contributed by atoms with van der Waals surface area (Å²) in [5, 5.41) is 9.64. The summed E-state index contributed by atoms with van der Waals surface area (Å²) in [7, 11) is 0. The molecule has 98 valence electrons. The Bertz CT molecular complexity index is 588. The van der Waals surface area contributed by atoms with Gasteiger partial charge in [0.25, 0.3) is 5.91 Å². The number of amides is 1. The fraction of sp³-hybridized carbons (Fsp3) is 0.308. The topological polar surface area (TPSA) is 96.7 Å². The second-order valence-electron chi connectivity index (χ2n) is 4.68. The number of carbonyl (C=O) groups excluding carboxylic acids is 1. The Morgan fingerprint density at radius 3 is 3.00 bits per heavy atom. The van der Waals surface area contributed by atoms with Gasteiger partial charge in [-0.3, -0.25) is 14.9 Å². The van der Waals surface area contributed by atoms with Crippen molar-refractivity contribution in [2.75, 3.05) is 5.73 Å². The van der Waals surface area contributed by atoms with Gasteiger partial charge in [-0.25, -0.2) is 0 Å². The predicted molar refractivity (Wildman–Crippen MR) is 70.4 cm³/mol. The van der Waals surface area contributed by atoms with Gasteiger partial charge < -0.3 is 11.1 Å². The van der Waals surface area contributed by atoms with E-state index in [4.69, 9.17) is 5.73 Å². The molecule has 3 rings (SSSR count). The van der Waals surface area contributed by atoms with Crippen LogP contribution in [0.1, 0.15) is 40.6 Å². The number of rotatable bonds is 4. The van der Waals surface area contributed by atoms with Gasteiger partial charge in [0.1, 0.15) is 0 Å². The number of hydrogen-bond donors (Lipinski definition) is 3. The van der Waals surface area contributed by atoms with Crippen molar-refractivity contribution in [3.05, 3.63) is 41.5 Å². The van der Waals surface area contributed by atoms with Crippen LogP contribution in [0.4, 0.5) is 5.69 Å². The highest BCUT2D eigenvalue weighted by Crippen LogP contribution is 2.42. The fourth-order valence-electron chi connectivity index (χ4n) is 1.98. The lowest BCUT2D eigenvalue weighted by molar-refractivity contribution is 0.0946. The molecule has 4 N–H and O–H groups in total. The van der Waals surface area contributed by atoms with Crippen LogP contribution in [0, 0.1) is 0 Å². The molecule has 0 atom stereocenters. The van der Waals surface area contributed by atoms with Crippen molar-refractivity contribution in [1.29, 1.82) is 0 Å². The molecule has 0 radical (unpaired) electrons. The van der Waals surface area contributed by atoms with Gasteiger partial charge in [-0.2, -0.15) is 5.10 Å². The largest absolute Gasteiger partial charge is 0.395 e. The number of pyridine rings is 1. The number of H-pyrrole nitrogens is 1. The van der Waals surface area contributed by atoms with Crippen molar-refractivity contribution in [3.63, 3.8) is 0 Å². The van der Waals surface area contributed by atoms with Crippen LogP contribution in [-0.2, 0) is 6.54 Å². The van der Waals surface area contributed by atoms with E-state index in [0.29, 0.717) is 18.2 Å². The average molecular weight is 257 g/mol. The van der Waals surface area contributed by atoms with E-state index in [2.05, 4.69) is 20.5 Å². The Kier molecular flexibility index (Phi) is 2.91. The summed E-state index contributed by atoms with van der Waals surface area (Å²) in [6, 6.07) is 5.56. The maximum Gasteiger partial charge on any atom is 0.274 e. The number of aromatic nitrogens is 3. The molecule has 2 aromatic heterocycles. The van der Waals surface area contributed by atoms with Crippen LogP contribution in [0.2, 0.25) is 0 Å². The van der Waals surface area contributed by atoms with E-state index in [1.807, 2.05) is 18.2 Å². The molecule has 0 aromatic carbocycles. The monoisotopic (exact) mass is 257 g/mol. The smallest absolute Gasteiger partial charge is 0.274 e. The molecule has 1 aliphatic carbocycles. The molecule has 2 heterocycles. The predicted octanol–water partition coefficient (Wildman–Crippen LogP) is 1.19. The standard InChI is InChI=1S/C13H15N5O/c14-10-11(8-4-5-8)17-18-12(10)13(19)16-7-9-3-1-2-6-15-9/h1-3,6,8H,4-5,7,14H2,(H,16,19)(H,17,18). The second-order valence-corrected chi connectivity index (χ2v) is 4.68. The van der Waals surface area contributed by atoms with E-state index in [1.165, 1.54) is 0 Å².